The number of aromatic nitrogens is 2. The number of alkyl halides is 3. The number of H-pyrrole nitrogens is 1. The van der Waals surface area contributed by atoms with E-state index in [1.54, 1.807) is 17.0 Å². The molecule has 0 atom stereocenters. The minimum atomic E-state index is -4.84. The molecule has 0 aliphatic heterocycles. The Balaban J connectivity index is 1.68. The van der Waals surface area contributed by atoms with Crippen molar-refractivity contribution in [3.63, 3.8) is 0 Å². The molecule has 3 rings (SSSR count). The van der Waals surface area contributed by atoms with Crippen molar-refractivity contribution in [2.75, 3.05) is 27.3 Å². The fraction of sp³-hybridized carbons (Fsp3) is 0.348. The maximum Gasteiger partial charge on any atom is 0.573 e. The van der Waals surface area contributed by atoms with Crippen LogP contribution in [0.5, 0.6) is 17.2 Å². The molecule has 12 heteroatoms. The van der Waals surface area contributed by atoms with Crippen LogP contribution in [0.1, 0.15) is 18.3 Å². The van der Waals surface area contributed by atoms with Gasteiger partial charge in [-0.2, -0.15) is 0 Å². The van der Waals surface area contributed by atoms with E-state index in [1.165, 1.54) is 38.5 Å². The van der Waals surface area contributed by atoms with Crippen LogP contribution in [-0.4, -0.2) is 54.4 Å². The highest BCUT2D eigenvalue weighted by atomic mass is 19.4. The number of aromatic amines is 1. The molecule has 0 fully saturated rings. The second kappa shape index (κ2) is 11.1. The number of amides is 1. The van der Waals surface area contributed by atoms with E-state index in [0.29, 0.717) is 34.8 Å². The van der Waals surface area contributed by atoms with Gasteiger partial charge < -0.3 is 24.5 Å². The fourth-order valence-electron chi connectivity index (χ4n) is 3.41. The van der Waals surface area contributed by atoms with Crippen molar-refractivity contribution >= 4 is 16.8 Å². The number of nitrogens with zero attached hydrogens (tertiary/aromatic N) is 2. The van der Waals surface area contributed by atoms with Gasteiger partial charge in [0.15, 0.2) is 11.5 Å². The van der Waals surface area contributed by atoms with Gasteiger partial charge in [0.2, 0.25) is 5.91 Å². The first kappa shape index (κ1) is 25.8. The van der Waals surface area contributed by atoms with E-state index < -0.39 is 12.3 Å². The molecule has 0 radical (unpaired) electrons. The zero-order chi connectivity index (χ0) is 25.6. The van der Waals surface area contributed by atoms with Gasteiger partial charge >= 0.3 is 6.36 Å². The van der Waals surface area contributed by atoms with Gasteiger partial charge in [0.05, 0.1) is 38.2 Å². The minimum absolute atomic E-state index is 0.0630. The van der Waals surface area contributed by atoms with Gasteiger partial charge in [-0.1, -0.05) is 25.1 Å². The number of likely N-dealkylation sites (N-methyl/N-ethyl adjacent to an activating group) is 1. The van der Waals surface area contributed by atoms with Gasteiger partial charge in [0, 0.05) is 18.2 Å². The third kappa shape index (κ3) is 6.85. The van der Waals surface area contributed by atoms with Crippen molar-refractivity contribution in [1.82, 2.24) is 20.2 Å². The molecule has 0 spiro atoms. The molecule has 3 aromatic rings. The van der Waals surface area contributed by atoms with Crippen LogP contribution >= 0.6 is 0 Å². The number of para-hydroxylation sites is 1. The molecule has 0 aliphatic rings. The lowest BCUT2D eigenvalue weighted by Gasteiger charge is -2.20. The number of nitrogens with one attached hydrogen (secondary N) is 2. The number of hydrogen-bond acceptors (Lipinski definition) is 7. The SMILES string of the molecule is CCN(CC(=O)NCc1ccccc1OC(F)(F)F)Cc1nc2cc(OC)c(OC)cc2c(=O)[nH]1. The predicted molar refractivity (Wildman–Crippen MR) is 121 cm³/mol. The number of carbonyl (C=O) groups excluding carboxylic acids is 1. The summed E-state index contributed by atoms with van der Waals surface area (Å²) >= 11 is 0. The van der Waals surface area contributed by atoms with E-state index >= 15 is 0 Å². The average molecular weight is 494 g/mol. The maximum absolute atomic E-state index is 12.6. The van der Waals surface area contributed by atoms with Gasteiger partial charge in [-0.25, -0.2) is 4.98 Å². The van der Waals surface area contributed by atoms with E-state index in [2.05, 4.69) is 20.0 Å². The average Bonchev–Trinajstić information content (AvgIpc) is 2.81. The Labute approximate surface area is 198 Å². The molecule has 0 bridgehead atoms. The zero-order valence-electron chi connectivity index (χ0n) is 19.4. The fourth-order valence-corrected chi connectivity index (χ4v) is 3.41. The first-order chi connectivity index (χ1) is 16.6. The number of carbonyl (C=O) groups is 1. The topological polar surface area (TPSA) is 106 Å². The summed E-state index contributed by atoms with van der Waals surface area (Å²) in [5, 5.41) is 2.92. The van der Waals surface area contributed by atoms with Crippen LogP contribution in [0.3, 0.4) is 0 Å². The Hall–Kier alpha value is -3.80. The Morgan fingerprint density at radius 3 is 2.46 bits per heavy atom. The van der Waals surface area contributed by atoms with E-state index in [0.717, 1.165) is 0 Å². The van der Waals surface area contributed by atoms with Crippen molar-refractivity contribution in [3.8, 4) is 17.2 Å². The molecule has 0 saturated heterocycles. The molecular weight excluding hydrogens is 469 g/mol. The van der Waals surface area contributed by atoms with Crippen molar-refractivity contribution in [2.45, 2.75) is 26.4 Å². The molecule has 2 aromatic carbocycles. The Morgan fingerprint density at radius 2 is 1.80 bits per heavy atom. The predicted octanol–water partition coefficient (Wildman–Crippen LogP) is 2.98. The van der Waals surface area contributed by atoms with Crippen LogP contribution in [0.2, 0.25) is 0 Å². The molecule has 0 saturated carbocycles. The molecule has 1 amide bonds. The highest BCUT2D eigenvalue weighted by molar-refractivity contribution is 5.82. The summed E-state index contributed by atoms with van der Waals surface area (Å²) < 4.78 is 52.3. The second-order valence-electron chi connectivity index (χ2n) is 7.47. The number of hydrogen-bond donors (Lipinski definition) is 2. The lowest BCUT2D eigenvalue weighted by molar-refractivity contribution is -0.274. The molecule has 188 valence electrons. The first-order valence-corrected chi connectivity index (χ1v) is 10.6. The lowest BCUT2D eigenvalue weighted by Crippen LogP contribution is -2.37. The zero-order valence-corrected chi connectivity index (χ0v) is 19.4. The summed E-state index contributed by atoms with van der Waals surface area (Å²) in [6.07, 6.45) is -4.84. The molecule has 0 unspecified atom stereocenters. The van der Waals surface area contributed by atoms with E-state index in [9.17, 15) is 22.8 Å². The third-order valence-corrected chi connectivity index (χ3v) is 5.12. The maximum atomic E-state index is 12.6. The monoisotopic (exact) mass is 494 g/mol. The molecule has 9 nitrogen and oxygen atoms in total. The standard InChI is InChI=1S/C23H25F3N4O5/c1-4-30(13-21(31)27-11-14-7-5-6-8-17(14)35-23(24,25)26)12-20-28-16-10-19(34-3)18(33-2)9-15(16)22(32)29-20/h5-10H,4,11-13H2,1-3H3,(H,27,31)(H,28,29,32). The van der Waals surface area contributed by atoms with Crippen LogP contribution in [0.15, 0.2) is 41.2 Å². The Bertz CT molecular complexity index is 1250. The van der Waals surface area contributed by atoms with Gasteiger partial charge in [-0.05, 0) is 18.7 Å². The molecule has 1 aromatic heterocycles. The number of benzene rings is 2. The Kier molecular flexibility index (Phi) is 8.18. The summed E-state index contributed by atoms with van der Waals surface area (Å²) in [4.78, 5) is 33.9. The summed E-state index contributed by atoms with van der Waals surface area (Å²) in [7, 11) is 2.94. The molecule has 2 N–H and O–H groups in total. The van der Waals surface area contributed by atoms with Crippen LogP contribution < -0.4 is 25.1 Å². The van der Waals surface area contributed by atoms with Crippen LogP contribution in [0, 0.1) is 0 Å². The highest BCUT2D eigenvalue weighted by Crippen LogP contribution is 2.30. The van der Waals surface area contributed by atoms with Crippen LogP contribution in [0.25, 0.3) is 10.9 Å². The van der Waals surface area contributed by atoms with Gasteiger partial charge in [-0.3, -0.25) is 14.5 Å². The van der Waals surface area contributed by atoms with Crippen molar-refractivity contribution in [1.29, 1.82) is 0 Å². The molecular formula is C23H25F3N4O5. The van der Waals surface area contributed by atoms with E-state index in [-0.39, 0.29) is 36.5 Å². The molecule has 0 aliphatic carbocycles. The summed E-state index contributed by atoms with van der Waals surface area (Å²) in [6.45, 7) is 2.24. The summed E-state index contributed by atoms with van der Waals surface area (Å²) in [5.41, 5.74) is 0.224. The Morgan fingerprint density at radius 1 is 1.11 bits per heavy atom. The normalized spacial score (nSPS) is 11.5. The van der Waals surface area contributed by atoms with Crippen molar-refractivity contribution < 1.29 is 32.2 Å². The number of halogens is 3. The minimum Gasteiger partial charge on any atom is -0.493 e. The van der Waals surface area contributed by atoms with Crippen molar-refractivity contribution in [2.24, 2.45) is 0 Å². The largest absolute Gasteiger partial charge is 0.573 e. The number of ether oxygens (including phenoxy) is 3. The number of fused-ring (bicyclic) bond motifs is 1. The van der Waals surface area contributed by atoms with Crippen molar-refractivity contribution in [3.05, 3.63) is 58.1 Å². The van der Waals surface area contributed by atoms with Gasteiger partial charge in [-0.15, -0.1) is 13.2 Å². The van der Waals surface area contributed by atoms with Crippen LogP contribution in [-0.2, 0) is 17.9 Å². The quantitative estimate of drug-likeness (QED) is 0.446. The first-order valence-electron chi connectivity index (χ1n) is 10.6. The third-order valence-electron chi connectivity index (χ3n) is 5.12. The molecule has 35 heavy (non-hydrogen) atoms. The summed E-state index contributed by atoms with van der Waals surface area (Å²) in [5.74, 6) is 0.369. The smallest absolute Gasteiger partial charge is 0.493 e. The van der Waals surface area contributed by atoms with Crippen LogP contribution in [0.4, 0.5) is 13.2 Å². The lowest BCUT2D eigenvalue weighted by atomic mass is 10.2. The van der Waals surface area contributed by atoms with E-state index in [4.69, 9.17) is 9.47 Å². The second-order valence-corrected chi connectivity index (χ2v) is 7.47. The van der Waals surface area contributed by atoms with Gasteiger partial charge in [0.25, 0.3) is 5.56 Å². The van der Waals surface area contributed by atoms with Gasteiger partial charge in [0.1, 0.15) is 11.6 Å². The summed E-state index contributed by atoms with van der Waals surface area (Å²) in [6, 6.07) is 8.71. The highest BCUT2D eigenvalue weighted by Gasteiger charge is 2.32. The van der Waals surface area contributed by atoms with E-state index in [1.807, 2.05) is 6.92 Å². The number of methoxy groups -OCH3 is 2. The number of rotatable bonds is 10. The molecule has 1 heterocycles.